The minimum atomic E-state index is -1.05. The molecule has 1 amide bonds. The highest BCUT2D eigenvalue weighted by molar-refractivity contribution is 5.86. The van der Waals surface area contributed by atoms with Crippen molar-refractivity contribution in [3.63, 3.8) is 0 Å². The molecule has 0 fully saturated rings. The van der Waals surface area contributed by atoms with E-state index in [1.165, 1.54) is 0 Å². The van der Waals surface area contributed by atoms with Gasteiger partial charge in [0.15, 0.2) is 0 Å². The number of rotatable bonds is 7. The van der Waals surface area contributed by atoms with E-state index >= 15 is 0 Å². The number of aliphatic carboxylic acids is 1. The van der Waals surface area contributed by atoms with Crippen molar-refractivity contribution in [3.05, 3.63) is 35.9 Å². The number of amides is 1. The lowest BCUT2D eigenvalue weighted by Crippen LogP contribution is -2.49. The predicted molar refractivity (Wildman–Crippen MR) is 72.6 cm³/mol. The van der Waals surface area contributed by atoms with Gasteiger partial charge < -0.3 is 16.2 Å². The van der Waals surface area contributed by atoms with E-state index in [0.29, 0.717) is 6.42 Å². The topological polar surface area (TPSA) is 92.4 Å². The Morgan fingerprint density at radius 1 is 1.32 bits per heavy atom. The molecule has 0 spiro atoms. The minimum absolute atomic E-state index is 0.251. The maximum absolute atomic E-state index is 11.7. The first-order valence-electron chi connectivity index (χ1n) is 6.37. The highest BCUT2D eigenvalue weighted by atomic mass is 16.4. The number of carbonyl (C=O) groups is 2. The molecule has 0 radical (unpaired) electrons. The number of carbonyl (C=O) groups excluding carboxylic acids is 1. The van der Waals surface area contributed by atoms with E-state index in [-0.39, 0.29) is 6.42 Å². The smallest absolute Gasteiger partial charge is 0.326 e. The van der Waals surface area contributed by atoms with E-state index in [2.05, 4.69) is 5.32 Å². The lowest BCUT2D eigenvalue weighted by atomic mass is 10.1. The SMILES string of the molecule is CCC[C@H](N)C(=O)N[C@H](Cc1ccccc1)C(=O)O. The number of hydrogen-bond donors (Lipinski definition) is 3. The Morgan fingerprint density at radius 3 is 2.47 bits per heavy atom. The molecule has 0 aliphatic carbocycles. The Morgan fingerprint density at radius 2 is 1.95 bits per heavy atom. The largest absolute Gasteiger partial charge is 0.480 e. The number of carboxylic acids is 1. The number of benzene rings is 1. The van der Waals surface area contributed by atoms with Gasteiger partial charge in [0.1, 0.15) is 6.04 Å². The average Bonchev–Trinajstić information content (AvgIpc) is 2.39. The molecule has 0 saturated heterocycles. The number of hydrogen-bond acceptors (Lipinski definition) is 3. The fraction of sp³-hybridized carbons (Fsp3) is 0.429. The van der Waals surface area contributed by atoms with Crippen LogP contribution in [0.4, 0.5) is 0 Å². The van der Waals surface area contributed by atoms with Crippen molar-refractivity contribution < 1.29 is 14.7 Å². The first kappa shape index (κ1) is 15.2. The van der Waals surface area contributed by atoms with Crippen molar-refractivity contribution in [1.82, 2.24) is 5.32 Å². The van der Waals surface area contributed by atoms with Crippen LogP contribution in [0.2, 0.25) is 0 Å². The molecule has 0 aromatic heterocycles. The van der Waals surface area contributed by atoms with Crippen molar-refractivity contribution in [1.29, 1.82) is 0 Å². The van der Waals surface area contributed by atoms with Crippen LogP contribution in [0.5, 0.6) is 0 Å². The van der Waals surface area contributed by atoms with Gasteiger partial charge in [-0.05, 0) is 12.0 Å². The van der Waals surface area contributed by atoms with E-state index < -0.39 is 24.0 Å². The van der Waals surface area contributed by atoms with Gasteiger partial charge >= 0.3 is 5.97 Å². The second-order valence-corrected chi connectivity index (χ2v) is 4.48. The van der Waals surface area contributed by atoms with E-state index in [0.717, 1.165) is 12.0 Å². The molecule has 0 saturated carbocycles. The van der Waals surface area contributed by atoms with Crippen LogP contribution in [0.1, 0.15) is 25.3 Å². The maximum Gasteiger partial charge on any atom is 0.326 e. The van der Waals surface area contributed by atoms with Crippen molar-refractivity contribution in [2.75, 3.05) is 0 Å². The Labute approximate surface area is 112 Å². The van der Waals surface area contributed by atoms with Gasteiger partial charge in [0.25, 0.3) is 0 Å². The van der Waals surface area contributed by atoms with Gasteiger partial charge in [-0.2, -0.15) is 0 Å². The number of nitrogens with one attached hydrogen (secondary N) is 1. The molecule has 5 heteroatoms. The molecule has 0 bridgehead atoms. The summed E-state index contributed by atoms with van der Waals surface area (Å²) in [6, 6.07) is 7.58. The lowest BCUT2D eigenvalue weighted by molar-refractivity contribution is -0.142. The standard InChI is InChI=1S/C14H20N2O3/c1-2-6-11(15)13(17)16-12(14(18)19)9-10-7-4-3-5-8-10/h3-5,7-8,11-12H,2,6,9,15H2,1H3,(H,16,17)(H,18,19)/t11-,12+/m0/s1. The summed E-state index contributed by atoms with van der Waals surface area (Å²) in [5.41, 5.74) is 6.53. The zero-order chi connectivity index (χ0) is 14.3. The fourth-order valence-electron chi connectivity index (χ4n) is 1.77. The van der Waals surface area contributed by atoms with Gasteiger partial charge in [-0.15, -0.1) is 0 Å². The summed E-state index contributed by atoms with van der Waals surface area (Å²) in [6.07, 6.45) is 1.58. The van der Waals surface area contributed by atoms with Crippen molar-refractivity contribution in [2.24, 2.45) is 5.73 Å². The zero-order valence-electron chi connectivity index (χ0n) is 11.0. The minimum Gasteiger partial charge on any atom is -0.480 e. The van der Waals surface area contributed by atoms with Crippen molar-refractivity contribution in [2.45, 2.75) is 38.3 Å². The number of carboxylic acid groups (broad SMARTS) is 1. The van der Waals surface area contributed by atoms with Gasteiger partial charge in [-0.25, -0.2) is 4.79 Å². The van der Waals surface area contributed by atoms with Gasteiger partial charge in [-0.1, -0.05) is 43.7 Å². The van der Waals surface area contributed by atoms with Crippen LogP contribution >= 0.6 is 0 Å². The highest BCUT2D eigenvalue weighted by Gasteiger charge is 2.22. The Hall–Kier alpha value is -1.88. The summed E-state index contributed by atoms with van der Waals surface area (Å²) < 4.78 is 0. The molecule has 0 aliphatic heterocycles. The van der Waals surface area contributed by atoms with Gasteiger partial charge in [-0.3, -0.25) is 4.79 Å². The molecule has 0 unspecified atom stereocenters. The maximum atomic E-state index is 11.7. The second kappa shape index (κ2) is 7.53. The quantitative estimate of drug-likeness (QED) is 0.683. The van der Waals surface area contributed by atoms with Gasteiger partial charge in [0, 0.05) is 6.42 Å². The molecular formula is C14H20N2O3. The molecule has 0 heterocycles. The highest BCUT2D eigenvalue weighted by Crippen LogP contribution is 2.04. The molecule has 1 rings (SSSR count). The van der Waals surface area contributed by atoms with Crippen LogP contribution in [-0.4, -0.2) is 29.1 Å². The van der Waals surface area contributed by atoms with Crippen LogP contribution in [0.3, 0.4) is 0 Å². The molecule has 4 N–H and O–H groups in total. The normalized spacial score (nSPS) is 13.6. The summed E-state index contributed by atoms with van der Waals surface area (Å²) in [7, 11) is 0. The molecule has 19 heavy (non-hydrogen) atoms. The lowest BCUT2D eigenvalue weighted by Gasteiger charge is -2.17. The molecule has 1 aromatic rings. The second-order valence-electron chi connectivity index (χ2n) is 4.48. The molecule has 2 atom stereocenters. The Bertz CT molecular complexity index is 420. The molecule has 5 nitrogen and oxygen atoms in total. The van der Waals surface area contributed by atoms with E-state index in [1.807, 2.05) is 37.3 Å². The summed E-state index contributed by atoms with van der Waals surface area (Å²) in [5.74, 6) is -1.47. The van der Waals surface area contributed by atoms with E-state index in [4.69, 9.17) is 10.8 Å². The van der Waals surface area contributed by atoms with Crippen LogP contribution in [-0.2, 0) is 16.0 Å². The van der Waals surface area contributed by atoms with Crippen LogP contribution < -0.4 is 11.1 Å². The van der Waals surface area contributed by atoms with Gasteiger partial charge in [0.05, 0.1) is 6.04 Å². The third-order valence-electron chi connectivity index (χ3n) is 2.83. The summed E-state index contributed by atoms with van der Waals surface area (Å²) in [4.78, 5) is 22.9. The summed E-state index contributed by atoms with van der Waals surface area (Å²) in [5, 5.41) is 11.6. The molecule has 0 aliphatic rings. The monoisotopic (exact) mass is 264 g/mol. The molecule has 1 aromatic carbocycles. The predicted octanol–water partition coefficient (Wildman–Crippen LogP) is 0.926. The molecular weight excluding hydrogens is 244 g/mol. The van der Waals surface area contributed by atoms with Gasteiger partial charge in [0.2, 0.25) is 5.91 Å². The van der Waals surface area contributed by atoms with Crippen molar-refractivity contribution >= 4 is 11.9 Å². The van der Waals surface area contributed by atoms with E-state index in [1.54, 1.807) is 0 Å². The summed E-state index contributed by atoms with van der Waals surface area (Å²) in [6.45, 7) is 1.92. The third kappa shape index (κ3) is 5.09. The van der Waals surface area contributed by atoms with Crippen LogP contribution in [0, 0.1) is 0 Å². The van der Waals surface area contributed by atoms with Crippen LogP contribution in [0.15, 0.2) is 30.3 Å². The zero-order valence-corrected chi connectivity index (χ0v) is 11.0. The average molecular weight is 264 g/mol. The van der Waals surface area contributed by atoms with Crippen LogP contribution in [0.25, 0.3) is 0 Å². The summed E-state index contributed by atoms with van der Waals surface area (Å²) >= 11 is 0. The first-order chi connectivity index (χ1) is 9.04. The van der Waals surface area contributed by atoms with Crippen molar-refractivity contribution in [3.8, 4) is 0 Å². The first-order valence-corrected chi connectivity index (χ1v) is 6.37. The third-order valence-corrected chi connectivity index (χ3v) is 2.83. The fourth-order valence-corrected chi connectivity index (χ4v) is 1.77. The molecule has 104 valence electrons. The van der Waals surface area contributed by atoms with E-state index in [9.17, 15) is 9.59 Å². The Balaban J connectivity index is 2.64. The Kier molecular flexibility index (Phi) is 6.02. The number of nitrogens with two attached hydrogens (primary N) is 1.